The summed E-state index contributed by atoms with van der Waals surface area (Å²) >= 11 is 0. The second-order valence-electron chi connectivity index (χ2n) is 5.32. The normalized spacial score (nSPS) is 11.2. The van der Waals surface area contributed by atoms with Crippen molar-refractivity contribution in [2.75, 3.05) is 27.9 Å². The molecule has 0 fully saturated rings. The van der Waals surface area contributed by atoms with Gasteiger partial charge in [0.15, 0.2) is 5.78 Å². The van der Waals surface area contributed by atoms with Gasteiger partial charge in [-0.25, -0.2) is 0 Å². The molecular weight excluding hydrogens is 322 g/mol. The molecule has 1 N–H and O–H groups in total. The fourth-order valence-electron chi connectivity index (χ4n) is 2.30. The van der Waals surface area contributed by atoms with Crippen LogP contribution in [0.1, 0.15) is 26.3 Å². The molecule has 0 spiro atoms. The Kier molecular flexibility index (Phi) is 6.41. The van der Waals surface area contributed by atoms with E-state index in [1.165, 1.54) is 21.3 Å². The molecule has 2 aromatic carbocycles. The second kappa shape index (κ2) is 8.53. The fraction of sp³-hybridized carbons (Fsp3) is 0.263. The van der Waals surface area contributed by atoms with Crippen LogP contribution in [0.5, 0.6) is 0 Å². The van der Waals surface area contributed by atoms with Crippen molar-refractivity contribution in [3.05, 3.63) is 71.3 Å². The zero-order chi connectivity index (χ0) is 18.3. The van der Waals surface area contributed by atoms with Gasteiger partial charge in [-0.15, -0.1) is 0 Å². The topological polar surface area (TPSA) is 73.9 Å². The molecule has 0 aromatic heterocycles. The van der Waals surface area contributed by atoms with E-state index < -0.39 is 11.8 Å². The third kappa shape index (κ3) is 4.51. The summed E-state index contributed by atoms with van der Waals surface area (Å²) in [4.78, 5) is 24.8. The molecule has 0 atom stereocenters. The maximum Gasteiger partial charge on any atom is 0.275 e. The average Bonchev–Trinajstić information content (AvgIpc) is 2.67. The third-order valence-corrected chi connectivity index (χ3v) is 3.74. The van der Waals surface area contributed by atoms with E-state index in [2.05, 4.69) is 5.32 Å². The summed E-state index contributed by atoms with van der Waals surface area (Å²) in [6.45, 7) is 0.0241. The SMILES string of the molecule is COCC(NC(=O)c1ccc(C(=O)c2ccccc2)cc1)(OC)OC. The number of hydrogen-bond donors (Lipinski definition) is 1. The Hall–Kier alpha value is -2.54. The zero-order valence-corrected chi connectivity index (χ0v) is 14.4. The molecule has 0 bridgehead atoms. The van der Waals surface area contributed by atoms with Crippen LogP contribution in [0.25, 0.3) is 0 Å². The lowest BCUT2D eigenvalue weighted by molar-refractivity contribution is -0.243. The van der Waals surface area contributed by atoms with E-state index in [9.17, 15) is 9.59 Å². The van der Waals surface area contributed by atoms with Gasteiger partial charge >= 0.3 is 0 Å². The van der Waals surface area contributed by atoms with E-state index >= 15 is 0 Å². The Balaban J connectivity index is 2.14. The molecule has 25 heavy (non-hydrogen) atoms. The van der Waals surface area contributed by atoms with Crippen molar-refractivity contribution in [1.82, 2.24) is 5.32 Å². The monoisotopic (exact) mass is 343 g/mol. The van der Waals surface area contributed by atoms with Crippen LogP contribution in [0.4, 0.5) is 0 Å². The summed E-state index contributed by atoms with van der Waals surface area (Å²) in [5.41, 5.74) is 1.47. The Labute approximate surface area is 146 Å². The van der Waals surface area contributed by atoms with E-state index in [4.69, 9.17) is 14.2 Å². The highest BCUT2D eigenvalue weighted by molar-refractivity contribution is 6.09. The number of amides is 1. The summed E-state index contributed by atoms with van der Waals surface area (Å²) in [6, 6.07) is 15.3. The molecule has 6 nitrogen and oxygen atoms in total. The quantitative estimate of drug-likeness (QED) is 0.588. The van der Waals surface area contributed by atoms with E-state index in [1.54, 1.807) is 48.5 Å². The van der Waals surface area contributed by atoms with Gasteiger partial charge in [0, 0.05) is 38.0 Å². The molecule has 0 aliphatic carbocycles. The molecule has 0 heterocycles. The standard InChI is InChI=1S/C19H21NO5/c1-23-13-19(24-2,25-3)20-18(22)16-11-9-15(10-12-16)17(21)14-7-5-4-6-8-14/h4-12H,13H2,1-3H3,(H,20,22). The number of ether oxygens (including phenoxy) is 3. The van der Waals surface area contributed by atoms with E-state index in [0.29, 0.717) is 16.7 Å². The second-order valence-corrected chi connectivity index (χ2v) is 5.32. The van der Waals surface area contributed by atoms with Crippen LogP contribution in [-0.2, 0) is 14.2 Å². The van der Waals surface area contributed by atoms with Gasteiger partial charge in [-0.05, 0) is 12.1 Å². The van der Waals surface area contributed by atoms with E-state index in [1.807, 2.05) is 6.07 Å². The van der Waals surface area contributed by atoms with Crippen molar-refractivity contribution < 1.29 is 23.8 Å². The van der Waals surface area contributed by atoms with Crippen molar-refractivity contribution in [2.24, 2.45) is 0 Å². The first kappa shape index (κ1) is 18.8. The number of methoxy groups -OCH3 is 3. The lowest BCUT2D eigenvalue weighted by Crippen LogP contribution is -2.54. The number of hydrogen-bond acceptors (Lipinski definition) is 5. The largest absolute Gasteiger partial charge is 0.377 e. The molecule has 132 valence electrons. The number of rotatable bonds is 8. The molecule has 0 saturated carbocycles. The molecule has 2 rings (SSSR count). The Morgan fingerprint density at radius 2 is 1.36 bits per heavy atom. The molecule has 0 aliphatic heterocycles. The lowest BCUT2D eigenvalue weighted by Gasteiger charge is -2.30. The number of carbonyl (C=O) groups excluding carboxylic acids is 2. The van der Waals surface area contributed by atoms with Crippen molar-refractivity contribution in [1.29, 1.82) is 0 Å². The number of benzene rings is 2. The minimum atomic E-state index is -1.37. The van der Waals surface area contributed by atoms with Crippen LogP contribution >= 0.6 is 0 Å². The molecule has 2 aromatic rings. The fourth-order valence-corrected chi connectivity index (χ4v) is 2.30. The summed E-state index contributed by atoms with van der Waals surface area (Å²) in [6.07, 6.45) is 0. The maximum absolute atomic E-state index is 12.4. The predicted molar refractivity (Wildman–Crippen MR) is 92.4 cm³/mol. The van der Waals surface area contributed by atoms with Gasteiger partial charge in [0.2, 0.25) is 0 Å². The highest BCUT2D eigenvalue weighted by Gasteiger charge is 2.32. The zero-order valence-electron chi connectivity index (χ0n) is 14.4. The van der Waals surface area contributed by atoms with Crippen LogP contribution in [0, 0.1) is 0 Å². The van der Waals surface area contributed by atoms with Crippen LogP contribution in [0.2, 0.25) is 0 Å². The lowest BCUT2D eigenvalue weighted by atomic mass is 10.0. The Bertz CT molecular complexity index is 708. The molecule has 0 aliphatic rings. The van der Waals surface area contributed by atoms with Gasteiger partial charge < -0.3 is 14.2 Å². The third-order valence-electron chi connectivity index (χ3n) is 3.74. The summed E-state index contributed by atoms with van der Waals surface area (Å²) in [7, 11) is 4.29. The molecular formula is C19H21NO5. The Morgan fingerprint density at radius 3 is 1.88 bits per heavy atom. The van der Waals surface area contributed by atoms with Crippen molar-refractivity contribution in [3.8, 4) is 0 Å². The maximum atomic E-state index is 12.4. The van der Waals surface area contributed by atoms with Crippen molar-refractivity contribution in [2.45, 2.75) is 5.91 Å². The van der Waals surface area contributed by atoms with Crippen LogP contribution in [0.15, 0.2) is 54.6 Å². The average molecular weight is 343 g/mol. The van der Waals surface area contributed by atoms with Gasteiger partial charge in [0.1, 0.15) is 6.61 Å². The van der Waals surface area contributed by atoms with Crippen LogP contribution in [0.3, 0.4) is 0 Å². The number of nitrogens with one attached hydrogen (secondary N) is 1. The first-order valence-electron chi connectivity index (χ1n) is 7.67. The number of carbonyl (C=O) groups is 2. The van der Waals surface area contributed by atoms with Crippen molar-refractivity contribution in [3.63, 3.8) is 0 Å². The van der Waals surface area contributed by atoms with Crippen molar-refractivity contribution >= 4 is 11.7 Å². The molecule has 0 unspecified atom stereocenters. The van der Waals surface area contributed by atoms with E-state index in [0.717, 1.165) is 0 Å². The highest BCUT2D eigenvalue weighted by Crippen LogP contribution is 2.13. The smallest absolute Gasteiger partial charge is 0.275 e. The summed E-state index contributed by atoms with van der Waals surface area (Å²) in [5.74, 6) is -1.88. The number of ketones is 1. The highest BCUT2D eigenvalue weighted by atomic mass is 16.7. The molecule has 1 amide bonds. The van der Waals surface area contributed by atoms with Crippen LogP contribution < -0.4 is 5.32 Å². The predicted octanol–water partition coefficient (Wildman–Crippen LogP) is 2.24. The Morgan fingerprint density at radius 1 is 0.840 bits per heavy atom. The summed E-state index contributed by atoms with van der Waals surface area (Å²) < 4.78 is 15.4. The van der Waals surface area contributed by atoms with Gasteiger partial charge in [0.25, 0.3) is 11.8 Å². The van der Waals surface area contributed by atoms with Crippen LogP contribution in [-0.4, -0.2) is 45.5 Å². The minimum absolute atomic E-state index is 0.0241. The molecule has 0 radical (unpaired) electrons. The molecule has 6 heteroatoms. The van der Waals surface area contributed by atoms with Gasteiger partial charge in [-0.1, -0.05) is 42.5 Å². The first-order chi connectivity index (χ1) is 12.0. The van der Waals surface area contributed by atoms with Gasteiger partial charge in [0.05, 0.1) is 0 Å². The first-order valence-corrected chi connectivity index (χ1v) is 7.67. The van der Waals surface area contributed by atoms with Gasteiger partial charge in [-0.2, -0.15) is 0 Å². The minimum Gasteiger partial charge on any atom is -0.377 e. The summed E-state index contributed by atoms with van der Waals surface area (Å²) in [5, 5.41) is 2.63. The van der Waals surface area contributed by atoms with E-state index in [-0.39, 0.29) is 12.4 Å². The van der Waals surface area contributed by atoms with Gasteiger partial charge in [-0.3, -0.25) is 14.9 Å². The molecule has 0 saturated heterocycles.